The maximum atomic E-state index is 5.50. The SMILES string of the molecule is Cn1cc(-c2c[nH]c3ncc(C4CCC(N5CCOCC5)CC4)cc23)cn1. The molecule has 3 aromatic heterocycles. The van der Waals surface area contributed by atoms with Gasteiger partial charge in [0, 0.05) is 61.3 Å². The highest BCUT2D eigenvalue weighted by Crippen LogP contribution is 2.37. The quantitative estimate of drug-likeness (QED) is 0.773. The fourth-order valence-corrected chi connectivity index (χ4v) is 4.76. The number of pyridine rings is 1. The van der Waals surface area contributed by atoms with Crippen LogP contribution in [0.25, 0.3) is 22.2 Å². The Balaban J connectivity index is 1.35. The maximum absolute atomic E-state index is 5.50. The first-order valence-corrected chi connectivity index (χ1v) is 10.1. The molecule has 0 bridgehead atoms. The van der Waals surface area contributed by atoms with E-state index in [0.717, 1.165) is 43.6 Å². The van der Waals surface area contributed by atoms with Crippen LogP contribution in [0.2, 0.25) is 0 Å². The van der Waals surface area contributed by atoms with Gasteiger partial charge in [-0.1, -0.05) is 0 Å². The van der Waals surface area contributed by atoms with E-state index in [-0.39, 0.29) is 0 Å². The van der Waals surface area contributed by atoms with Crippen molar-refractivity contribution in [3.05, 3.63) is 36.4 Å². The Kier molecular flexibility index (Phi) is 4.45. The maximum Gasteiger partial charge on any atom is 0.137 e. The molecule has 27 heavy (non-hydrogen) atoms. The van der Waals surface area contributed by atoms with E-state index in [0.29, 0.717) is 5.92 Å². The van der Waals surface area contributed by atoms with Crippen molar-refractivity contribution in [1.29, 1.82) is 0 Å². The van der Waals surface area contributed by atoms with Gasteiger partial charge in [-0.2, -0.15) is 5.10 Å². The molecule has 1 saturated heterocycles. The van der Waals surface area contributed by atoms with Crippen molar-refractivity contribution in [2.45, 2.75) is 37.6 Å². The average Bonchev–Trinajstić information content (AvgIpc) is 3.34. The molecule has 6 heteroatoms. The van der Waals surface area contributed by atoms with Gasteiger partial charge in [-0.3, -0.25) is 9.58 Å². The van der Waals surface area contributed by atoms with Crippen LogP contribution in [-0.2, 0) is 11.8 Å². The first kappa shape index (κ1) is 17.0. The number of H-pyrrole nitrogens is 1. The van der Waals surface area contributed by atoms with E-state index in [2.05, 4.69) is 33.4 Å². The Labute approximate surface area is 159 Å². The number of nitrogens with one attached hydrogen (secondary N) is 1. The van der Waals surface area contributed by atoms with Gasteiger partial charge in [0.15, 0.2) is 0 Å². The van der Waals surface area contributed by atoms with Crippen molar-refractivity contribution in [3.8, 4) is 11.1 Å². The van der Waals surface area contributed by atoms with Gasteiger partial charge in [-0.15, -0.1) is 0 Å². The summed E-state index contributed by atoms with van der Waals surface area (Å²) in [5.74, 6) is 0.621. The smallest absolute Gasteiger partial charge is 0.137 e. The minimum atomic E-state index is 0.621. The largest absolute Gasteiger partial charge is 0.379 e. The van der Waals surface area contributed by atoms with Crippen LogP contribution >= 0.6 is 0 Å². The molecule has 0 atom stereocenters. The molecule has 1 saturated carbocycles. The minimum absolute atomic E-state index is 0.621. The summed E-state index contributed by atoms with van der Waals surface area (Å²) in [4.78, 5) is 10.7. The molecule has 1 aliphatic heterocycles. The predicted molar refractivity (Wildman–Crippen MR) is 106 cm³/mol. The molecule has 0 radical (unpaired) electrons. The summed E-state index contributed by atoms with van der Waals surface area (Å²) in [6.45, 7) is 3.98. The minimum Gasteiger partial charge on any atom is -0.379 e. The van der Waals surface area contributed by atoms with Crippen molar-refractivity contribution < 1.29 is 4.74 Å². The summed E-state index contributed by atoms with van der Waals surface area (Å²) in [6.07, 6.45) is 13.2. The summed E-state index contributed by atoms with van der Waals surface area (Å²) in [5.41, 5.74) is 4.67. The van der Waals surface area contributed by atoms with Gasteiger partial charge in [0.25, 0.3) is 0 Å². The highest BCUT2D eigenvalue weighted by molar-refractivity contribution is 5.93. The summed E-state index contributed by atoms with van der Waals surface area (Å²) in [5, 5.41) is 5.52. The Morgan fingerprint density at radius 2 is 1.93 bits per heavy atom. The second-order valence-electron chi connectivity index (χ2n) is 7.92. The molecule has 142 valence electrons. The number of aromatic amines is 1. The highest BCUT2D eigenvalue weighted by Gasteiger charge is 2.28. The summed E-state index contributed by atoms with van der Waals surface area (Å²) < 4.78 is 7.35. The summed E-state index contributed by atoms with van der Waals surface area (Å²) in [7, 11) is 1.95. The van der Waals surface area contributed by atoms with Crippen molar-refractivity contribution >= 4 is 11.0 Å². The summed E-state index contributed by atoms with van der Waals surface area (Å²) >= 11 is 0. The Morgan fingerprint density at radius 1 is 1.11 bits per heavy atom. The third kappa shape index (κ3) is 3.28. The Hall–Kier alpha value is -2.18. The lowest BCUT2D eigenvalue weighted by Crippen LogP contribution is -2.44. The van der Waals surface area contributed by atoms with Crippen LogP contribution in [0.4, 0.5) is 0 Å². The monoisotopic (exact) mass is 365 g/mol. The number of fused-ring (bicyclic) bond motifs is 1. The van der Waals surface area contributed by atoms with Crippen molar-refractivity contribution in [3.63, 3.8) is 0 Å². The van der Waals surface area contributed by atoms with Gasteiger partial charge in [0.2, 0.25) is 0 Å². The molecule has 2 fully saturated rings. The van der Waals surface area contributed by atoms with Gasteiger partial charge in [0.05, 0.1) is 19.4 Å². The second-order valence-corrected chi connectivity index (χ2v) is 7.92. The molecule has 1 aliphatic carbocycles. The lowest BCUT2D eigenvalue weighted by molar-refractivity contribution is 0.00729. The highest BCUT2D eigenvalue weighted by atomic mass is 16.5. The van der Waals surface area contributed by atoms with Crippen LogP contribution in [-0.4, -0.2) is 57.0 Å². The molecule has 0 amide bonds. The zero-order valence-electron chi connectivity index (χ0n) is 15.9. The molecular formula is C21H27N5O. The van der Waals surface area contributed by atoms with E-state index in [9.17, 15) is 0 Å². The average molecular weight is 365 g/mol. The zero-order chi connectivity index (χ0) is 18.2. The second kappa shape index (κ2) is 7.09. The van der Waals surface area contributed by atoms with Gasteiger partial charge < -0.3 is 9.72 Å². The number of ether oxygens (including phenoxy) is 1. The number of hydrogen-bond donors (Lipinski definition) is 1. The van der Waals surface area contributed by atoms with Crippen LogP contribution in [0.15, 0.2) is 30.9 Å². The Bertz CT molecular complexity index is 916. The van der Waals surface area contributed by atoms with Crippen LogP contribution in [0.1, 0.15) is 37.2 Å². The van der Waals surface area contributed by atoms with Crippen LogP contribution in [0, 0.1) is 0 Å². The van der Waals surface area contributed by atoms with E-state index in [4.69, 9.17) is 9.72 Å². The number of hydrogen-bond acceptors (Lipinski definition) is 4. The molecule has 6 nitrogen and oxygen atoms in total. The lowest BCUT2D eigenvalue weighted by atomic mass is 9.81. The third-order valence-electron chi connectivity index (χ3n) is 6.30. The number of morpholine rings is 1. The number of rotatable bonds is 3. The van der Waals surface area contributed by atoms with Gasteiger partial charge >= 0.3 is 0 Å². The lowest BCUT2D eigenvalue weighted by Gasteiger charge is -2.38. The first-order chi connectivity index (χ1) is 13.3. The standard InChI is InChI=1S/C21H27N5O/c1-25-14-17(12-24-25)20-13-23-21-19(20)10-16(11-22-21)15-2-4-18(5-3-15)26-6-8-27-9-7-26/h10-15,18H,2-9H2,1H3,(H,22,23). The fourth-order valence-electron chi connectivity index (χ4n) is 4.76. The van der Waals surface area contributed by atoms with Gasteiger partial charge in [-0.25, -0.2) is 4.98 Å². The van der Waals surface area contributed by atoms with E-state index in [1.165, 1.54) is 42.2 Å². The first-order valence-electron chi connectivity index (χ1n) is 10.1. The third-order valence-corrected chi connectivity index (χ3v) is 6.30. The topological polar surface area (TPSA) is 59.0 Å². The molecule has 5 rings (SSSR count). The van der Waals surface area contributed by atoms with Gasteiger partial charge in [-0.05, 0) is 43.2 Å². The molecule has 2 aliphatic rings. The predicted octanol–water partition coefficient (Wildman–Crippen LogP) is 3.32. The molecule has 0 aromatic carbocycles. The van der Waals surface area contributed by atoms with Crippen LogP contribution < -0.4 is 0 Å². The van der Waals surface area contributed by atoms with E-state index < -0.39 is 0 Å². The zero-order valence-corrected chi connectivity index (χ0v) is 15.9. The molecular weight excluding hydrogens is 338 g/mol. The molecule has 4 heterocycles. The molecule has 3 aromatic rings. The van der Waals surface area contributed by atoms with Crippen molar-refractivity contribution in [1.82, 2.24) is 24.6 Å². The Morgan fingerprint density at radius 3 is 2.67 bits per heavy atom. The summed E-state index contributed by atoms with van der Waals surface area (Å²) in [6, 6.07) is 3.08. The fraction of sp³-hybridized carbons (Fsp3) is 0.524. The molecule has 0 spiro atoms. The van der Waals surface area contributed by atoms with E-state index in [1.54, 1.807) is 0 Å². The van der Waals surface area contributed by atoms with E-state index in [1.807, 2.05) is 24.1 Å². The van der Waals surface area contributed by atoms with E-state index >= 15 is 0 Å². The molecule has 0 unspecified atom stereocenters. The van der Waals surface area contributed by atoms with Crippen LogP contribution in [0.5, 0.6) is 0 Å². The molecule has 1 N–H and O–H groups in total. The number of aromatic nitrogens is 4. The van der Waals surface area contributed by atoms with Crippen molar-refractivity contribution in [2.24, 2.45) is 7.05 Å². The number of aryl methyl sites for hydroxylation is 1. The number of nitrogens with zero attached hydrogens (tertiary/aromatic N) is 4. The van der Waals surface area contributed by atoms with Gasteiger partial charge in [0.1, 0.15) is 5.65 Å². The van der Waals surface area contributed by atoms with Crippen molar-refractivity contribution in [2.75, 3.05) is 26.3 Å². The normalized spacial score (nSPS) is 24.5. The van der Waals surface area contributed by atoms with Crippen LogP contribution in [0.3, 0.4) is 0 Å².